The molecule has 0 radical (unpaired) electrons. The van der Waals surface area contributed by atoms with E-state index in [4.69, 9.17) is 19.6 Å². The molecule has 2 aliphatic heterocycles. The quantitative estimate of drug-likeness (QED) is 0.297. The average molecular weight is 509 g/mol. The molecule has 0 aromatic heterocycles. The van der Waals surface area contributed by atoms with Crippen LogP contribution >= 0.6 is 0 Å². The lowest BCUT2D eigenvalue weighted by Crippen LogP contribution is -2.48. The number of ether oxygens (including phenoxy) is 2. The molecule has 5 rings (SSSR count). The maximum absolute atomic E-state index is 14.2. The van der Waals surface area contributed by atoms with Crippen LogP contribution in [0.2, 0.25) is 0 Å². The number of hydrogen-bond acceptors (Lipinski definition) is 5. The number of nitrogens with zero attached hydrogens (tertiary/aromatic N) is 2. The van der Waals surface area contributed by atoms with Gasteiger partial charge in [-0.15, -0.1) is 6.58 Å². The number of carbonyl (C=O) groups is 1. The zero-order valence-corrected chi connectivity index (χ0v) is 21.3. The van der Waals surface area contributed by atoms with Gasteiger partial charge in [-0.1, -0.05) is 72.8 Å². The summed E-state index contributed by atoms with van der Waals surface area (Å²) < 4.78 is 12.2. The Balaban J connectivity index is 1.55. The van der Waals surface area contributed by atoms with Crippen molar-refractivity contribution in [3.63, 3.8) is 0 Å². The number of aliphatic hydroxyl groups excluding tert-OH is 1. The molecule has 3 aromatic carbocycles. The van der Waals surface area contributed by atoms with Crippen molar-refractivity contribution in [3.05, 3.63) is 120 Å². The molecule has 2 aliphatic rings. The summed E-state index contributed by atoms with van der Waals surface area (Å²) >= 11 is 0. The molecule has 0 unspecified atom stereocenters. The molecule has 0 bridgehead atoms. The van der Waals surface area contributed by atoms with E-state index in [0.717, 1.165) is 22.3 Å². The van der Waals surface area contributed by atoms with Crippen LogP contribution in [0.4, 0.5) is 0 Å². The topological polar surface area (TPSA) is 71.4 Å². The SMILES string of the molecule is C=CCN1Cc2ccccc2[C@@H]2OC(c3ccc(OCCCO)cc3)=N[C@]2(C/C=C/c2ccccc2)C1=O. The van der Waals surface area contributed by atoms with Crippen molar-refractivity contribution in [3.8, 4) is 5.75 Å². The summed E-state index contributed by atoms with van der Waals surface area (Å²) in [6.45, 7) is 5.32. The van der Waals surface area contributed by atoms with Gasteiger partial charge in [0.2, 0.25) is 5.90 Å². The van der Waals surface area contributed by atoms with Gasteiger partial charge in [0.15, 0.2) is 11.6 Å². The van der Waals surface area contributed by atoms with Crippen molar-refractivity contribution in [2.24, 2.45) is 4.99 Å². The summed E-state index contributed by atoms with van der Waals surface area (Å²) in [5.41, 5.74) is 2.71. The second kappa shape index (κ2) is 11.5. The minimum absolute atomic E-state index is 0.0738. The summed E-state index contributed by atoms with van der Waals surface area (Å²) in [5, 5.41) is 8.99. The second-order valence-corrected chi connectivity index (χ2v) is 9.48. The normalized spacial score (nSPS) is 20.3. The highest BCUT2D eigenvalue weighted by atomic mass is 16.5. The van der Waals surface area contributed by atoms with Gasteiger partial charge in [0, 0.05) is 43.7 Å². The van der Waals surface area contributed by atoms with E-state index >= 15 is 0 Å². The number of fused-ring (bicyclic) bond motifs is 3. The van der Waals surface area contributed by atoms with Crippen LogP contribution in [0.5, 0.6) is 5.75 Å². The third-order valence-electron chi connectivity index (χ3n) is 6.88. The molecule has 6 heteroatoms. The number of hydrogen-bond donors (Lipinski definition) is 1. The first-order valence-corrected chi connectivity index (χ1v) is 12.9. The smallest absolute Gasteiger partial charge is 0.255 e. The largest absolute Gasteiger partial charge is 0.494 e. The van der Waals surface area contributed by atoms with E-state index in [-0.39, 0.29) is 12.5 Å². The Labute approximate surface area is 223 Å². The van der Waals surface area contributed by atoms with E-state index in [2.05, 4.69) is 12.6 Å². The molecule has 3 aromatic rings. The molecular weight excluding hydrogens is 476 g/mol. The Kier molecular flexibility index (Phi) is 7.70. The maximum Gasteiger partial charge on any atom is 0.255 e. The molecular formula is C32H32N2O4. The number of aliphatic imine (C=N–C) groups is 1. The van der Waals surface area contributed by atoms with Crippen LogP contribution in [0, 0.1) is 0 Å². The summed E-state index contributed by atoms with van der Waals surface area (Å²) in [6, 6.07) is 25.6. The van der Waals surface area contributed by atoms with E-state index in [1.807, 2.05) is 89.8 Å². The van der Waals surface area contributed by atoms with Crippen LogP contribution in [0.25, 0.3) is 6.08 Å². The number of benzene rings is 3. The highest BCUT2D eigenvalue weighted by Crippen LogP contribution is 2.47. The van der Waals surface area contributed by atoms with Crippen LogP contribution in [-0.2, 0) is 16.1 Å². The van der Waals surface area contributed by atoms with Crippen molar-refractivity contribution < 1.29 is 19.4 Å². The van der Waals surface area contributed by atoms with Crippen molar-refractivity contribution >= 4 is 17.9 Å². The molecule has 0 spiro atoms. The lowest BCUT2D eigenvalue weighted by molar-refractivity contribution is -0.138. The zero-order valence-electron chi connectivity index (χ0n) is 21.3. The van der Waals surface area contributed by atoms with Gasteiger partial charge in [0.05, 0.1) is 6.61 Å². The van der Waals surface area contributed by atoms with Gasteiger partial charge in [-0.2, -0.15) is 0 Å². The van der Waals surface area contributed by atoms with Crippen molar-refractivity contribution in [1.29, 1.82) is 0 Å². The first-order valence-electron chi connectivity index (χ1n) is 12.9. The van der Waals surface area contributed by atoms with Gasteiger partial charge in [0.1, 0.15) is 5.75 Å². The average Bonchev–Trinajstić information content (AvgIpc) is 3.30. The predicted octanol–water partition coefficient (Wildman–Crippen LogP) is 5.34. The number of carbonyl (C=O) groups excluding carboxylic acids is 1. The Morgan fingerprint density at radius 2 is 1.84 bits per heavy atom. The monoisotopic (exact) mass is 508 g/mol. The fraction of sp³-hybridized carbons (Fsp3) is 0.250. The van der Waals surface area contributed by atoms with E-state index in [9.17, 15) is 4.79 Å². The molecule has 0 saturated carbocycles. The highest BCUT2D eigenvalue weighted by molar-refractivity contribution is 6.01. The van der Waals surface area contributed by atoms with Crippen LogP contribution in [0.15, 0.2) is 103 Å². The van der Waals surface area contributed by atoms with Gasteiger partial charge in [-0.25, -0.2) is 4.99 Å². The molecule has 2 heterocycles. The Morgan fingerprint density at radius 3 is 2.61 bits per heavy atom. The minimum Gasteiger partial charge on any atom is -0.494 e. The number of amides is 1. The summed E-state index contributed by atoms with van der Waals surface area (Å²) in [4.78, 5) is 21.1. The highest BCUT2D eigenvalue weighted by Gasteiger charge is 2.55. The Bertz CT molecular complexity index is 1330. The molecule has 1 N–H and O–H groups in total. The minimum atomic E-state index is -1.15. The van der Waals surface area contributed by atoms with Crippen molar-refractivity contribution in [1.82, 2.24) is 4.90 Å². The Hall–Kier alpha value is -4.16. The van der Waals surface area contributed by atoms with Gasteiger partial charge in [-0.05, 0) is 35.4 Å². The fourth-order valence-corrected chi connectivity index (χ4v) is 5.00. The molecule has 1 amide bonds. The standard InChI is InChI=1S/C32H32N2O4/c1-2-20-34-23-26-13-6-7-14-28(26)29-32(31(34)36,19-8-12-24-10-4-3-5-11-24)33-30(38-29)25-15-17-27(18-16-25)37-22-9-21-35/h2-8,10-18,29,35H,1,9,19-23H2/b12-8+/t29-,32-/m0/s1. The Morgan fingerprint density at radius 1 is 1.08 bits per heavy atom. The van der Waals surface area contributed by atoms with Gasteiger partial charge >= 0.3 is 0 Å². The molecule has 38 heavy (non-hydrogen) atoms. The third kappa shape index (κ3) is 5.13. The zero-order chi connectivity index (χ0) is 26.4. The lowest BCUT2D eigenvalue weighted by atomic mass is 9.84. The number of rotatable bonds is 10. The van der Waals surface area contributed by atoms with Crippen molar-refractivity contribution in [2.45, 2.75) is 31.0 Å². The molecule has 0 aliphatic carbocycles. The molecule has 6 nitrogen and oxygen atoms in total. The molecule has 0 saturated heterocycles. The van der Waals surface area contributed by atoms with Gasteiger partial charge in [0.25, 0.3) is 5.91 Å². The summed E-state index contributed by atoms with van der Waals surface area (Å²) in [6.07, 6.45) is 6.20. The van der Waals surface area contributed by atoms with E-state index in [0.29, 0.717) is 44.2 Å². The second-order valence-electron chi connectivity index (χ2n) is 9.48. The fourth-order valence-electron chi connectivity index (χ4n) is 5.00. The van der Waals surface area contributed by atoms with Gasteiger partial charge in [-0.3, -0.25) is 4.79 Å². The van der Waals surface area contributed by atoms with E-state index < -0.39 is 11.6 Å². The first-order chi connectivity index (χ1) is 18.6. The molecule has 0 fully saturated rings. The van der Waals surface area contributed by atoms with E-state index in [1.54, 1.807) is 6.08 Å². The van der Waals surface area contributed by atoms with Crippen molar-refractivity contribution in [2.75, 3.05) is 19.8 Å². The maximum atomic E-state index is 14.2. The predicted molar refractivity (Wildman–Crippen MR) is 149 cm³/mol. The lowest BCUT2D eigenvalue weighted by Gasteiger charge is -2.31. The number of aliphatic hydroxyl groups is 1. The first kappa shape index (κ1) is 25.5. The van der Waals surface area contributed by atoms with E-state index in [1.165, 1.54) is 0 Å². The van der Waals surface area contributed by atoms with Crippen LogP contribution in [0.1, 0.15) is 41.2 Å². The van der Waals surface area contributed by atoms with Gasteiger partial charge < -0.3 is 19.5 Å². The molecule has 2 atom stereocenters. The summed E-state index contributed by atoms with van der Waals surface area (Å²) in [5.74, 6) is 1.07. The van der Waals surface area contributed by atoms with Crippen LogP contribution in [-0.4, -0.2) is 47.1 Å². The molecule has 194 valence electrons. The van der Waals surface area contributed by atoms with Crippen LogP contribution < -0.4 is 4.74 Å². The third-order valence-corrected chi connectivity index (χ3v) is 6.88. The summed E-state index contributed by atoms with van der Waals surface area (Å²) in [7, 11) is 0. The van der Waals surface area contributed by atoms with Crippen LogP contribution in [0.3, 0.4) is 0 Å².